The molecule has 1 atom stereocenters. The predicted molar refractivity (Wildman–Crippen MR) is 114 cm³/mol. The molecule has 0 bridgehead atoms. The molecule has 0 spiro atoms. The van der Waals surface area contributed by atoms with Crippen LogP contribution in [0.5, 0.6) is 5.75 Å². The van der Waals surface area contributed by atoms with Crippen molar-refractivity contribution in [3.05, 3.63) is 29.8 Å². The number of aliphatic hydroxyl groups excluding tert-OH is 1. The number of benzene rings is 1. The van der Waals surface area contributed by atoms with E-state index in [1.165, 1.54) is 4.90 Å². The molecule has 1 rings (SSSR count). The number of carbonyl (C=O) groups is 1. The Kier molecular flexibility index (Phi) is 12.4. The first-order valence-electron chi connectivity index (χ1n) is 10.4. The molecule has 0 fully saturated rings. The van der Waals surface area contributed by atoms with Crippen LogP contribution in [0.2, 0.25) is 0 Å². The van der Waals surface area contributed by atoms with Crippen molar-refractivity contribution >= 4 is 6.09 Å². The summed E-state index contributed by atoms with van der Waals surface area (Å²) in [5.74, 6) is 0.710. The lowest BCUT2D eigenvalue weighted by Gasteiger charge is -2.39. The Balaban J connectivity index is 2.35. The van der Waals surface area contributed by atoms with Crippen LogP contribution in [0, 0.1) is 0 Å². The molecule has 0 aromatic heterocycles. The van der Waals surface area contributed by atoms with Crippen LogP contribution < -0.4 is 4.74 Å². The van der Waals surface area contributed by atoms with Gasteiger partial charge in [0.1, 0.15) is 12.4 Å². The lowest BCUT2D eigenvalue weighted by Crippen LogP contribution is -2.53. The summed E-state index contributed by atoms with van der Waals surface area (Å²) >= 11 is 0. The second-order valence-corrected chi connectivity index (χ2v) is 7.78. The first kappa shape index (κ1) is 26.2. The number of ether oxygens (including phenoxy) is 4. The van der Waals surface area contributed by atoms with E-state index in [1.54, 1.807) is 0 Å². The van der Waals surface area contributed by atoms with Gasteiger partial charge in [0.25, 0.3) is 0 Å². The summed E-state index contributed by atoms with van der Waals surface area (Å²) in [5.41, 5.74) is 0.328. The molecular formula is C22H37NO7. The third-order valence-corrected chi connectivity index (χ3v) is 4.34. The maximum atomic E-state index is 11.6. The summed E-state index contributed by atoms with van der Waals surface area (Å²) in [6.45, 7) is 10.9. The number of hydrogen-bond donors (Lipinski definition) is 2. The molecular weight excluding hydrogens is 390 g/mol. The number of nitrogens with zero attached hydrogens (tertiary/aromatic N) is 1. The summed E-state index contributed by atoms with van der Waals surface area (Å²) in [6.07, 6.45) is -0.617. The maximum Gasteiger partial charge on any atom is 0.408 e. The van der Waals surface area contributed by atoms with E-state index in [0.717, 1.165) is 5.56 Å². The SMILES string of the molecule is CCOCCOCCOCCOc1ccc(C[C@@H](CO)N(C(=O)O)C(C)(C)C)cc1. The standard InChI is InChI=1S/C22H37NO7/c1-5-27-10-11-28-12-13-29-14-15-30-20-8-6-18(7-9-20)16-19(17-24)23(21(25)26)22(2,3)4/h6-9,19,24H,5,10-17H2,1-4H3,(H,25,26)/t19-/m0/s1. The fourth-order valence-electron chi connectivity index (χ4n) is 3.02. The Morgan fingerprint density at radius 2 is 1.50 bits per heavy atom. The van der Waals surface area contributed by atoms with Gasteiger partial charge < -0.3 is 29.2 Å². The van der Waals surface area contributed by atoms with Gasteiger partial charge in [0.05, 0.1) is 45.7 Å². The highest BCUT2D eigenvalue weighted by Crippen LogP contribution is 2.21. The van der Waals surface area contributed by atoms with Gasteiger partial charge in [0, 0.05) is 12.1 Å². The van der Waals surface area contributed by atoms with Crippen molar-refractivity contribution < 1.29 is 34.0 Å². The van der Waals surface area contributed by atoms with Crippen molar-refractivity contribution in [3.8, 4) is 5.75 Å². The molecule has 2 N–H and O–H groups in total. The number of hydrogen-bond acceptors (Lipinski definition) is 6. The molecule has 172 valence electrons. The van der Waals surface area contributed by atoms with Gasteiger partial charge >= 0.3 is 6.09 Å². The van der Waals surface area contributed by atoms with Gasteiger partial charge in [0.2, 0.25) is 0 Å². The Morgan fingerprint density at radius 3 is 1.97 bits per heavy atom. The summed E-state index contributed by atoms with van der Waals surface area (Å²) in [6, 6.07) is 6.92. The minimum Gasteiger partial charge on any atom is -0.491 e. The lowest BCUT2D eigenvalue weighted by molar-refractivity contribution is 0.0114. The van der Waals surface area contributed by atoms with E-state index in [2.05, 4.69) is 0 Å². The summed E-state index contributed by atoms with van der Waals surface area (Å²) < 4.78 is 21.6. The topological polar surface area (TPSA) is 97.7 Å². The van der Waals surface area contributed by atoms with Crippen molar-refractivity contribution in [2.24, 2.45) is 0 Å². The van der Waals surface area contributed by atoms with Gasteiger partial charge in [-0.3, -0.25) is 4.90 Å². The Labute approximate surface area is 179 Å². The number of aliphatic hydroxyl groups is 1. The van der Waals surface area contributed by atoms with E-state index < -0.39 is 17.7 Å². The highest BCUT2D eigenvalue weighted by atomic mass is 16.6. The molecule has 0 aliphatic rings. The molecule has 0 aliphatic carbocycles. The van der Waals surface area contributed by atoms with Crippen LogP contribution in [0.1, 0.15) is 33.3 Å². The zero-order chi connectivity index (χ0) is 22.4. The van der Waals surface area contributed by atoms with E-state index in [0.29, 0.717) is 58.4 Å². The van der Waals surface area contributed by atoms with E-state index in [4.69, 9.17) is 18.9 Å². The van der Waals surface area contributed by atoms with Crippen LogP contribution in [-0.4, -0.2) is 85.6 Å². The molecule has 0 aliphatic heterocycles. The first-order valence-corrected chi connectivity index (χ1v) is 10.4. The van der Waals surface area contributed by atoms with E-state index in [9.17, 15) is 15.0 Å². The fraction of sp³-hybridized carbons (Fsp3) is 0.682. The second kappa shape index (κ2) is 14.2. The van der Waals surface area contributed by atoms with Crippen LogP contribution in [0.15, 0.2) is 24.3 Å². The summed E-state index contributed by atoms with van der Waals surface area (Å²) in [5, 5.41) is 19.2. The highest BCUT2D eigenvalue weighted by molar-refractivity contribution is 5.66. The van der Waals surface area contributed by atoms with Crippen molar-refractivity contribution in [1.82, 2.24) is 4.90 Å². The fourth-order valence-corrected chi connectivity index (χ4v) is 3.02. The minimum atomic E-state index is -1.04. The van der Waals surface area contributed by atoms with Crippen LogP contribution in [0.3, 0.4) is 0 Å². The Hall–Kier alpha value is -1.87. The molecule has 0 saturated heterocycles. The van der Waals surface area contributed by atoms with Gasteiger partial charge in [-0.25, -0.2) is 4.79 Å². The van der Waals surface area contributed by atoms with Gasteiger partial charge in [-0.1, -0.05) is 12.1 Å². The molecule has 0 radical (unpaired) electrons. The monoisotopic (exact) mass is 427 g/mol. The second-order valence-electron chi connectivity index (χ2n) is 7.78. The third-order valence-electron chi connectivity index (χ3n) is 4.34. The van der Waals surface area contributed by atoms with Crippen LogP contribution >= 0.6 is 0 Å². The van der Waals surface area contributed by atoms with Crippen molar-refractivity contribution in [2.45, 2.75) is 45.7 Å². The molecule has 0 heterocycles. The van der Waals surface area contributed by atoms with E-state index >= 15 is 0 Å². The van der Waals surface area contributed by atoms with Crippen LogP contribution in [0.4, 0.5) is 4.79 Å². The molecule has 30 heavy (non-hydrogen) atoms. The van der Waals surface area contributed by atoms with Crippen LogP contribution in [-0.2, 0) is 20.6 Å². The zero-order valence-corrected chi connectivity index (χ0v) is 18.6. The zero-order valence-electron chi connectivity index (χ0n) is 18.6. The average Bonchev–Trinajstić information content (AvgIpc) is 2.68. The quantitative estimate of drug-likeness (QED) is 0.415. The van der Waals surface area contributed by atoms with Crippen molar-refractivity contribution in [3.63, 3.8) is 0 Å². The molecule has 8 nitrogen and oxygen atoms in total. The van der Waals surface area contributed by atoms with Crippen molar-refractivity contribution in [2.75, 3.05) is 52.9 Å². The Bertz CT molecular complexity index is 586. The van der Waals surface area contributed by atoms with Crippen LogP contribution in [0.25, 0.3) is 0 Å². The summed E-state index contributed by atoms with van der Waals surface area (Å²) in [7, 11) is 0. The van der Waals surface area contributed by atoms with Gasteiger partial charge in [0.15, 0.2) is 0 Å². The third kappa shape index (κ3) is 10.2. The number of rotatable bonds is 15. The van der Waals surface area contributed by atoms with E-state index in [1.807, 2.05) is 52.0 Å². The lowest BCUT2D eigenvalue weighted by atomic mass is 9.99. The summed E-state index contributed by atoms with van der Waals surface area (Å²) in [4.78, 5) is 12.9. The number of carboxylic acid groups (broad SMARTS) is 1. The minimum absolute atomic E-state index is 0.242. The molecule has 1 aromatic rings. The predicted octanol–water partition coefficient (Wildman–Crippen LogP) is 2.82. The van der Waals surface area contributed by atoms with Gasteiger partial charge in [-0.15, -0.1) is 0 Å². The molecule has 0 saturated carbocycles. The Morgan fingerprint density at radius 1 is 0.967 bits per heavy atom. The molecule has 8 heteroatoms. The van der Waals surface area contributed by atoms with Crippen molar-refractivity contribution in [1.29, 1.82) is 0 Å². The maximum absolute atomic E-state index is 11.6. The van der Waals surface area contributed by atoms with Gasteiger partial charge in [-0.05, 0) is 51.8 Å². The molecule has 1 aromatic carbocycles. The molecule has 0 unspecified atom stereocenters. The number of amides is 1. The molecule has 1 amide bonds. The average molecular weight is 428 g/mol. The smallest absolute Gasteiger partial charge is 0.408 e. The highest BCUT2D eigenvalue weighted by Gasteiger charge is 2.32. The van der Waals surface area contributed by atoms with E-state index in [-0.39, 0.29) is 6.61 Å². The normalized spacial score (nSPS) is 12.6. The van der Waals surface area contributed by atoms with Gasteiger partial charge in [-0.2, -0.15) is 0 Å². The first-order chi connectivity index (χ1) is 14.3. The largest absolute Gasteiger partial charge is 0.491 e.